The maximum Gasteiger partial charge on any atom is 0.0805 e. The first-order valence-corrected chi connectivity index (χ1v) is 18.0. The minimum Gasteiger partial charge on any atom is -0.376 e. The van der Waals surface area contributed by atoms with E-state index in [0.717, 1.165) is 36.9 Å². The largest absolute Gasteiger partial charge is 0.376 e. The van der Waals surface area contributed by atoms with Crippen molar-refractivity contribution in [1.82, 2.24) is 0 Å². The molecule has 0 bridgehead atoms. The van der Waals surface area contributed by atoms with Gasteiger partial charge in [0, 0.05) is 13.2 Å². The molecular formula is C40H62O2. The predicted octanol–water partition coefficient (Wildman–Crippen LogP) is 11.2. The molecule has 2 aromatic carbocycles. The summed E-state index contributed by atoms with van der Waals surface area (Å²) in [6, 6.07) is 19.1. The SMILES string of the molecule is CCCCc1ccc(C2CCC(CCOC(C)C(C)OCCC3CCC(c4ccc(CCCC)cc4)CC3)CC2)cc1. The van der Waals surface area contributed by atoms with Gasteiger partial charge in [-0.15, -0.1) is 0 Å². The van der Waals surface area contributed by atoms with Crippen molar-refractivity contribution in [3.8, 4) is 0 Å². The summed E-state index contributed by atoms with van der Waals surface area (Å²) in [5.74, 6) is 3.16. The van der Waals surface area contributed by atoms with E-state index in [4.69, 9.17) is 9.47 Å². The van der Waals surface area contributed by atoms with Crippen LogP contribution in [0.2, 0.25) is 0 Å². The number of benzene rings is 2. The van der Waals surface area contributed by atoms with Gasteiger partial charge in [0.25, 0.3) is 0 Å². The second-order valence-corrected chi connectivity index (χ2v) is 13.9. The van der Waals surface area contributed by atoms with Gasteiger partial charge in [0.1, 0.15) is 0 Å². The molecule has 2 unspecified atom stereocenters. The second kappa shape index (κ2) is 18.2. The topological polar surface area (TPSA) is 18.5 Å². The van der Waals surface area contributed by atoms with Crippen LogP contribution in [0.25, 0.3) is 0 Å². The zero-order valence-electron chi connectivity index (χ0n) is 27.6. The fourth-order valence-corrected chi connectivity index (χ4v) is 7.36. The highest BCUT2D eigenvalue weighted by Gasteiger charge is 2.24. The molecule has 0 aliphatic heterocycles. The molecule has 2 aliphatic rings. The fourth-order valence-electron chi connectivity index (χ4n) is 7.36. The maximum absolute atomic E-state index is 6.27. The molecule has 0 aromatic heterocycles. The summed E-state index contributed by atoms with van der Waals surface area (Å²) in [6.07, 6.45) is 21.1. The van der Waals surface area contributed by atoms with Crippen molar-refractivity contribution in [3.05, 3.63) is 70.8 Å². The quantitative estimate of drug-likeness (QED) is 0.187. The molecule has 0 radical (unpaired) electrons. The molecule has 0 spiro atoms. The van der Waals surface area contributed by atoms with E-state index >= 15 is 0 Å². The Morgan fingerprint density at radius 2 is 0.905 bits per heavy atom. The Bertz CT molecular complexity index is 882. The molecule has 2 saturated carbocycles. The van der Waals surface area contributed by atoms with Crippen molar-refractivity contribution in [2.75, 3.05) is 13.2 Å². The molecule has 0 amide bonds. The first-order chi connectivity index (χ1) is 20.6. The Kier molecular flexibility index (Phi) is 14.4. The number of hydrogen-bond acceptors (Lipinski definition) is 2. The Balaban J connectivity index is 1.04. The third-order valence-electron chi connectivity index (χ3n) is 10.7. The predicted molar refractivity (Wildman–Crippen MR) is 180 cm³/mol. The van der Waals surface area contributed by atoms with Gasteiger partial charge in [0.05, 0.1) is 12.2 Å². The lowest BCUT2D eigenvalue weighted by Crippen LogP contribution is -2.28. The molecule has 4 rings (SSSR count). The van der Waals surface area contributed by atoms with Crippen LogP contribution >= 0.6 is 0 Å². The zero-order chi connectivity index (χ0) is 29.6. The summed E-state index contributed by atoms with van der Waals surface area (Å²) >= 11 is 0. The molecule has 2 heteroatoms. The lowest BCUT2D eigenvalue weighted by Gasteiger charge is -2.30. The van der Waals surface area contributed by atoms with Gasteiger partial charge < -0.3 is 9.47 Å². The lowest BCUT2D eigenvalue weighted by atomic mass is 9.77. The first kappa shape index (κ1) is 33.3. The number of unbranched alkanes of at least 4 members (excludes halogenated alkanes) is 2. The average Bonchev–Trinajstić information content (AvgIpc) is 3.04. The number of rotatable bonds is 17. The molecule has 2 aromatic rings. The number of ether oxygens (including phenoxy) is 2. The highest BCUT2D eigenvalue weighted by Crippen LogP contribution is 2.38. The summed E-state index contributed by atoms with van der Waals surface area (Å²) in [5, 5.41) is 0. The van der Waals surface area contributed by atoms with Crippen LogP contribution in [0.5, 0.6) is 0 Å². The van der Waals surface area contributed by atoms with Crippen LogP contribution in [0.3, 0.4) is 0 Å². The first-order valence-electron chi connectivity index (χ1n) is 18.0. The molecule has 2 aliphatic carbocycles. The second-order valence-electron chi connectivity index (χ2n) is 13.9. The van der Waals surface area contributed by atoms with E-state index in [2.05, 4.69) is 76.2 Å². The van der Waals surface area contributed by atoms with E-state index in [1.54, 1.807) is 11.1 Å². The minimum atomic E-state index is 0.170. The summed E-state index contributed by atoms with van der Waals surface area (Å²) in [6.45, 7) is 10.7. The van der Waals surface area contributed by atoms with Crippen LogP contribution in [0.4, 0.5) is 0 Å². The molecule has 42 heavy (non-hydrogen) atoms. The van der Waals surface area contributed by atoms with Crippen molar-refractivity contribution >= 4 is 0 Å². The molecule has 0 saturated heterocycles. The van der Waals surface area contributed by atoms with Crippen LogP contribution in [0.1, 0.15) is 152 Å². The van der Waals surface area contributed by atoms with E-state index < -0.39 is 0 Å². The van der Waals surface area contributed by atoms with Gasteiger partial charge in [-0.05, 0) is 150 Å². The van der Waals surface area contributed by atoms with Crippen LogP contribution in [-0.2, 0) is 22.3 Å². The summed E-state index contributed by atoms with van der Waals surface area (Å²) < 4.78 is 12.5. The molecule has 2 fully saturated rings. The number of aryl methyl sites for hydroxylation is 2. The normalized spacial score (nSPS) is 24.4. The van der Waals surface area contributed by atoms with Gasteiger partial charge in [0.15, 0.2) is 0 Å². The van der Waals surface area contributed by atoms with E-state index in [1.807, 2.05) is 0 Å². The Morgan fingerprint density at radius 1 is 0.548 bits per heavy atom. The van der Waals surface area contributed by atoms with Crippen molar-refractivity contribution < 1.29 is 9.47 Å². The highest BCUT2D eigenvalue weighted by molar-refractivity contribution is 5.27. The summed E-state index contributed by atoms with van der Waals surface area (Å²) in [4.78, 5) is 0. The molecule has 2 atom stereocenters. The smallest absolute Gasteiger partial charge is 0.0805 e. The average molecular weight is 575 g/mol. The standard InChI is InChI=1S/C40H62O2/c1-5-7-9-33-11-19-37(20-12-33)39-23-15-35(16-24-39)27-29-41-31(3)32(4)42-30-28-36-17-25-40(26-18-36)38-21-13-34(14-22-38)10-8-6-2/h11-14,19-22,31-32,35-36,39-40H,5-10,15-18,23-30H2,1-4H3. The molecule has 2 nitrogen and oxygen atoms in total. The Morgan fingerprint density at radius 3 is 1.24 bits per heavy atom. The van der Waals surface area contributed by atoms with Gasteiger partial charge in [0.2, 0.25) is 0 Å². The van der Waals surface area contributed by atoms with Crippen molar-refractivity contribution in [3.63, 3.8) is 0 Å². The van der Waals surface area contributed by atoms with Crippen molar-refractivity contribution in [1.29, 1.82) is 0 Å². The van der Waals surface area contributed by atoms with Crippen LogP contribution in [-0.4, -0.2) is 25.4 Å². The van der Waals surface area contributed by atoms with Gasteiger partial charge in [-0.2, -0.15) is 0 Å². The van der Waals surface area contributed by atoms with Gasteiger partial charge in [-0.3, -0.25) is 0 Å². The molecule has 0 N–H and O–H groups in total. The summed E-state index contributed by atoms with van der Waals surface area (Å²) in [7, 11) is 0. The van der Waals surface area contributed by atoms with E-state index in [9.17, 15) is 0 Å². The van der Waals surface area contributed by atoms with E-state index in [-0.39, 0.29) is 12.2 Å². The van der Waals surface area contributed by atoms with E-state index in [1.165, 1.54) is 114 Å². The Hall–Kier alpha value is -1.64. The van der Waals surface area contributed by atoms with Crippen molar-refractivity contribution in [2.24, 2.45) is 11.8 Å². The third kappa shape index (κ3) is 10.8. The van der Waals surface area contributed by atoms with E-state index in [0.29, 0.717) is 0 Å². The highest BCUT2D eigenvalue weighted by atomic mass is 16.5. The summed E-state index contributed by atoms with van der Waals surface area (Å²) in [5.41, 5.74) is 6.12. The van der Waals surface area contributed by atoms with Crippen LogP contribution in [0, 0.1) is 11.8 Å². The number of hydrogen-bond donors (Lipinski definition) is 0. The van der Waals surface area contributed by atoms with Crippen LogP contribution < -0.4 is 0 Å². The minimum absolute atomic E-state index is 0.170. The fraction of sp³-hybridized carbons (Fsp3) is 0.700. The van der Waals surface area contributed by atoms with Crippen molar-refractivity contribution in [2.45, 2.75) is 154 Å². The Labute approximate surface area is 259 Å². The maximum atomic E-state index is 6.27. The molecule has 234 valence electrons. The zero-order valence-corrected chi connectivity index (χ0v) is 27.6. The molecule has 0 heterocycles. The van der Waals surface area contributed by atoms with Crippen LogP contribution in [0.15, 0.2) is 48.5 Å². The van der Waals surface area contributed by atoms with Gasteiger partial charge >= 0.3 is 0 Å². The third-order valence-corrected chi connectivity index (χ3v) is 10.7. The molecular weight excluding hydrogens is 512 g/mol. The monoisotopic (exact) mass is 574 g/mol. The van der Waals surface area contributed by atoms with Gasteiger partial charge in [-0.1, -0.05) is 75.2 Å². The lowest BCUT2D eigenvalue weighted by molar-refractivity contribution is -0.0628. The van der Waals surface area contributed by atoms with Gasteiger partial charge in [-0.25, -0.2) is 0 Å².